The first-order valence-electron chi connectivity index (χ1n) is 25.4. The summed E-state index contributed by atoms with van der Waals surface area (Å²) in [5.41, 5.74) is 0. The number of esters is 2. The molecule has 0 aromatic rings. The van der Waals surface area contributed by atoms with E-state index < -0.39 is 99.3 Å². The van der Waals surface area contributed by atoms with Crippen LogP contribution in [0.5, 0.6) is 0 Å². The first-order valence-corrected chi connectivity index (χ1v) is 25.4. The number of rotatable bonds is 38. The number of unbranched alkanes of at least 4 members (excludes halogenated alkanes) is 14. The monoisotopic (exact) mass is 953 g/mol. The van der Waals surface area contributed by atoms with Crippen molar-refractivity contribution in [1.82, 2.24) is 0 Å². The Labute approximate surface area is 400 Å². The summed E-state index contributed by atoms with van der Waals surface area (Å²) in [5, 5.41) is 72.0. The van der Waals surface area contributed by atoms with Crippen LogP contribution in [-0.4, -0.2) is 142 Å². The molecule has 2 aliphatic rings. The predicted molar refractivity (Wildman–Crippen MR) is 256 cm³/mol. The number of ether oxygens (including phenoxy) is 6. The van der Waals surface area contributed by atoms with Gasteiger partial charge in [0, 0.05) is 12.8 Å². The van der Waals surface area contributed by atoms with Gasteiger partial charge in [-0.15, -0.1) is 0 Å². The number of carbonyl (C=O) groups is 2. The minimum atomic E-state index is -1.77. The molecule has 11 atom stereocenters. The molecule has 0 aliphatic carbocycles. The Kier molecular flexibility index (Phi) is 35.1. The van der Waals surface area contributed by atoms with Crippen LogP contribution in [0.25, 0.3) is 0 Å². The lowest BCUT2D eigenvalue weighted by molar-refractivity contribution is -0.332. The highest BCUT2D eigenvalue weighted by atomic mass is 16.7. The van der Waals surface area contributed by atoms with E-state index in [4.69, 9.17) is 28.4 Å². The molecule has 2 fully saturated rings. The fourth-order valence-corrected chi connectivity index (χ4v) is 7.55. The van der Waals surface area contributed by atoms with Crippen LogP contribution in [-0.2, 0) is 38.0 Å². The van der Waals surface area contributed by atoms with Crippen LogP contribution in [0, 0.1) is 0 Å². The van der Waals surface area contributed by atoms with Gasteiger partial charge < -0.3 is 64.2 Å². The fraction of sp³-hybridized carbons (Fsp3) is 0.769. The summed E-state index contributed by atoms with van der Waals surface area (Å²) in [6, 6.07) is 0. The third kappa shape index (κ3) is 27.3. The van der Waals surface area contributed by atoms with Gasteiger partial charge in [0.2, 0.25) is 0 Å². The van der Waals surface area contributed by atoms with Gasteiger partial charge in [-0.3, -0.25) is 9.59 Å². The van der Waals surface area contributed by atoms with Crippen LogP contribution in [0.4, 0.5) is 0 Å². The van der Waals surface area contributed by atoms with Crippen molar-refractivity contribution >= 4 is 11.9 Å². The highest BCUT2D eigenvalue weighted by molar-refractivity contribution is 5.70. The Morgan fingerprint density at radius 3 is 1.49 bits per heavy atom. The summed E-state index contributed by atoms with van der Waals surface area (Å²) < 4.78 is 33.5. The molecule has 15 heteroatoms. The van der Waals surface area contributed by atoms with Crippen LogP contribution in [0.1, 0.15) is 162 Å². The highest BCUT2D eigenvalue weighted by Gasteiger charge is 2.47. The second-order valence-electron chi connectivity index (χ2n) is 17.6. The molecule has 0 bridgehead atoms. The molecule has 2 rings (SSSR count). The van der Waals surface area contributed by atoms with Gasteiger partial charge in [0.1, 0.15) is 55.4 Å². The summed E-state index contributed by atoms with van der Waals surface area (Å²) in [6.07, 6.45) is 26.8. The number of hydrogen-bond donors (Lipinski definition) is 7. The Bertz CT molecular complexity index is 1400. The molecule has 0 spiro atoms. The lowest BCUT2D eigenvalue weighted by atomic mass is 9.98. The normalized spacial score (nSPS) is 26.5. The molecule has 11 unspecified atom stereocenters. The molecule has 15 nitrogen and oxygen atoms in total. The van der Waals surface area contributed by atoms with Crippen LogP contribution in [0.15, 0.2) is 60.8 Å². The molecule has 2 saturated heterocycles. The van der Waals surface area contributed by atoms with E-state index in [1.54, 1.807) is 0 Å². The van der Waals surface area contributed by atoms with Crippen LogP contribution >= 0.6 is 0 Å². The zero-order valence-corrected chi connectivity index (χ0v) is 40.6. The number of hydrogen-bond acceptors (Lipinski definition) is 15. The van der Waals surface area contributed by atoms with Crippen molar-refractivity contribution in [3.63, 3.8) is 0 Å². The van der Waals surface area contributed by atoms with Gasteiger partial charge in [-0.05, 0) is 77.0 Å². The minimum absolute atomic E-state index is 0.145. The molecule has 67 heavy (non-hydrogen) atoms. The van der Waals surface area contributed by atoms with E-state index in [0.29, 0.717) is 12.8 Å². The van der Waals surface area contributed by atoms with Crippen molar-refractivity contribution in [3.8, 4) is 0 Å². The molecular weight excluding hydrogens is 865 g/mol. The van der Waals surface area contributed by atoms with Gasteiger partial charge in [-0.25, -0.2) is 0 Å². The van der Waals surface area contributed by atoms with Gasteiger partial charge in [0.05, 0.1) is 19.8 Å². The Balaban J connectivity index is 1.82. The van der Waals surface area contributed by atoms with Crippen molar-refractivity contribution in [2.24, 2.45) is 0 Å². The smallest absolute Gasteiger partial charge is 0.306 e. The minimum Gasteiger partial charge on any atom is -0.462 e. The fourth-order valence-electron chi connectivity index (χ4n) is 7.55. The van der Waals surface area contributed by atoms with Crippen molar-refractivity contribution in [2.45, 2.75) is 229 Å². The number of aliphatic hydroxyl groups is 7. The maximum absolute atomic E-state index is 13.0. The summed E-state index contributed by atoms with van der Waals surface area (Å²) in [6.45, 7) is 2.41. The summed E-state index contributed by atoms with van der Waals surface area (Å²) in [4.78, 5) is 25.7. The lowest BCUT2D eigenvalue weighted by Gasteiger charge is -2.42. The number of allylic oxidation sites excluding steroid dienone is 10. The molecule has 0 saturated carbocycles. The van der Waals surface area contributed by atoms with E-state index in [-0.39, 0.29) is 19.4 Å². The van der Waals surface area contributed by atoms with Crippen molar-refractivity contribution < 1.29 is 73.8 Å². The largest absolute Gasteiger partial charge is 0.462 e. The van der Waals surface area contributed by atoms with Crippen LogP contribution < -0.4 is 0 Å². The third-order valence-corrected chi connectivity index (χ3v) is 11.7. The summed E-state index contributed by atoms with van der Waals surface area (Å²) in [5.74, 6) is -0.956. The van der Waals surface area contributed by atoms with Gasteiger partial charge in [0.25, 0.3) is 0 Å². The zero-order valence-electron chi connectivity index (χ0n) is 40.6. The van der Waals surface area contributed by atoms with E-state index in [9.17, 15) is 45.3 Å². The maximum atomic E-state index is 13.0. The topological polar surface area (TPSA) is 231 Å². The first kappa shape index (κ1) is 60.3. The average molecular weight is 953 g/mol. The van der Waals surface area contributed by atoms with Gasteiger partial charge in [-0.2, -0.15) is 0 Å². The van der Waals surface area contributed by atoms with Crippen LogP contribution in [0.2, 0.25) is 0 Å². The van der Waals surface area contributed by atoms with E-state index in [0.717, 1.165) is 103 Å². The Morgan fingerprint density at radius 1 is 0.493 bits per heavy atom. The molecule has 2 aliphatic heterocycles. The molecule has 7 N–H and O–H groups in total. The zero-order chi connectivity index (χ0) is 48.9. The summed E-state index contributed by atoms with van der Waals surface area (Å²) >= 11 is 0. The molecule has 2 heterocycles. The molecule has 0 radical (unpaired) electrons. The second-order valence-corrected chi connectivity index (χ2v) is 17.6. The van der Waals surface area contributed by atoms with Gasteiger partial charge in [0.15, 0.2) is 18.7 Å². The third-order valence-electron chi connectivity index (χ3n) is 11.7. The highest BCUT2D eigenvalue weighted by Crippen LogP contribution is 2.26. The van der Waals surface area contributed by atoms with Gasteiger partial charge >= 0.3 is 11.9 Å². The maximum Gasteiger partial charge on any atom is 0.306 e. The average Bonchev–Trinajstić information content (AvgIpc) is 3.32. The van der Waals surface area contributed by atoms with E-state index in [1.165, 1.54) is 19.3 Å². The predicted octanol–water partition coefficient (Wildman–Crippen LogP) is 6.88. The lowest BCUT2D eigenvalue weighted by Crippen LogP contribution is -2.61. The molecule has 0 amide bonds. The molecular formula is C52H88O15. The van der Waals surface area contributed by atoms with Gasteiger partial charge in [-0.1, -0.05) is 132 Å². The molecule has 0 aromatic carbocycles. The van der Waals surface area contributed by atoms with Crippen LogP contribution in [0.3, 0.4) is 0 Å². The molecule has 386 valence electrons. The number of carbonyl (C=O) groups excluding carboxylic acids is 2. The molecule has 0 aromatic heterocycles. The Morgan fingerprint density at radius 2 is 0.940 bits per heavy atom. The van der Waals surface area contributed by atoms with E-state index in [1.807, 2.05) is 0 Å². The first-order chi connectivity index (χ1) is 32.5. The number of aliphatic hydroxyl groups excluding tert-OH is 7. The van der Waals surface area contributed by atoms with E-state index >= 15 is 0 Å². The summed E-state index contributed by atoms with van der Waals surface area (Å²) in [7, 11) is 0. The standard InChI is InChI=1S/C52H88O15/c1-3-5-7-9-11-13-15-17-18-19-20-21-22-23-25-27-29-31-33-35-44(55)65-40(37-62-43(54)34-32-30-28-26-24-16-14-12-10-8-6-4-2)38-63-51-50(61)48(59)46(57)42(67-51)39-64-52-49(60)47(58)45(56)41(36-53)66-52/h5,7,11-14,17-18,20-21,40-42,45-53,56-61H,3-4,6,8-10,15-16,19,22-39H2,1-2H3/b7-5-,13-11-,14-12-,18-17-,21-20-. The van der Waals surface area contributed by atoms with Crippen molar-refractivity contribution in [1.29, 1.82) is 0 Å². The van der Waals surface area contributed by atoms with E-state index in [2.05, 4.69) is 74.6 Å². The Hall–Kier alpha value is -2.80. The van der Waals surface area contributed by atoms with Crippen molar-refractivity contribution in [2.75, 3.05) is 26.4 Å². The second kappa shape index (κ2) is 39.0. The SMILES string of the molecule is CC/C=C\C/C=C\C/C=C\C/C=C\CCCCCCCCC(=O)OC(COC(=O)CCCCCCC/C=C\CCCCC)COC1OC(COC2OC(CO)C(O)C(O)C2O)C(O)C(O)C1O. The van der Waals surface area contributed by atoms with Crippen molar-refractivity contribution in [3.05, 3.63) is 60.8 Å². The quantitative estimate of drug-likeness (QED) is 0.0190.